The average molecular weight is 602 g/mol. The number of rotatable bonds is 5. The normalized spacial score (nSPS) is 11.4. The molecule has 0 aliphatic heterocycles. The lowest BCUT2D eigenvalue weighted by Crippen LogP contribution is -2.01. The summed E-state index contributed by atoms with van der Waals surface area (Å²) < 4.78 is 6.41. The topological polar surface area (TPSA) is 51.8 Å². The van der Waals surface area contributed by atoms with Crippen molar-refractivity contribution in [3.8, 4) is 56.4 Å². The molecule has 2 heterocycles. The van der Waals surface area contributed by atoms with Crippen molar-refractivity contribution in [1.82, 2.24) is 15.0 Å². The summed E-state index contributed by atoms with van der Waals surface area (Å²) in [6, 6.07) is 56.3. The molecule has 0 aliphatic carbocycles. The summed E-state index contributed by atoms with van der Waals surface area (Å²) in [5, 5.41) is 4.35. The lowest BCUT2D eigenvalue weighted by molar-refractivity contribution is 0.669. The van der Waals surface area contributed by atoms with E-state index >= 15 is 0 Å². The standard InChI is InChI=1S/C43H27N3O/c1-3-12-28(13-4-1)29-22-24-32(25-23-29)42-44-41(31-15-5-2-6-16-31)45-43(46-42)40-35(34-20-11-17-30-14-7-8-18-33(30)34)26-27-38-39(40)36-19-9-10-21-37(36)47-38/h1-27H. The summed E-state index contributed by atoms with van der Waals surface area (Å²) in [4.78, 5) is 15.5. The fraction of sp³-hybridized carbons (Fsp3) is 0. The van der Waals surface area contributed by atoms with Crippen molar-refractivity contribution in [2.24, 2.45) is 0 Å². The van der Waals surface area contributed by atoms with Crippen molar-refractivity contribution >= 4 is 32.7 Å². The van der Waals surface area contributed by atoms with Gasteiger partial charge in [-0.3, -0.25) is 0 Å². The molecule has 0 saturated carbocycles. The third kappa shape index (κ3) is 4.75. The quantitative estimate of drug-likeness (QED) is 0.197. The molecule has 0 spiro atoms. The number of aromatic nitrogens is 3. The van der Waals surface area contributed by atoms with Crippen LogP contribution in [0.3, 0.4) is 0 Å². The third-order valence-electron chi connectivity index (χ3n) is 8.76. The maximum absolute atomic E-state index is 6.41. The van der Waals surface area contributed by atoms with E-state index in [4.69, 9.17) is 19.4 Å². The van der Waals surface area contributed by atoms with Gasteiger partial charge in [-0.2, -0.15) is 0 Å². The van der Waals surface area contributed by atoms with Crippen LogP contribution in [-0.4, -0.2) is 15.0 Å². The number of hydrogen-bond acceptors (Lipinski definition) is 4. The van der Waals surface area contributed by atoms with Gasteiger partial charge in [0, 0.05) is 27.5 Å². The van der Waals surface area contributed by atoms with Crippen LogP contribution in [0.15, 0.2) is 168 Å². The van der Waals surface area contributed by atoms with E-state index in [2.05, 4.69) is 109 Å². The first-order chi connectivity index (χ1) is 23.3. The maximum atomic E-state index is 6.41. The second kappa shape index (κ2) is 11.2. The Morgan fingerprint density at radius 3 is 1.66 bits per heavy atom. The first-order valence-electron chi connectivity index (χ1n) is 15.7. The highest BCUT2D eigenvalue weighted by molar-refractivity contribution is 6.16. The van der Waals surface area contributed by atoms with E-state index in [0.29, 0.717) is 17.5 Å². The monoisotopic (exact) mass is 601 g/mol. The molecule has 0 unspecified atom stereocenters. The highest BCUT2D eigenvalue weighted by atomic mass is 16.3. The van der Waals surface area contributed by atoms with Crippen LogP contribution in [0.25, 0.3) is 89.1 Å². The van der Waals surface area contributed by atoms with Crippen LogP contribution in [-0.2, 0) is 0 Å². The molecule has 4 heteroatoms. The van der Waals surface area contributed by atoms with Gasteiger partial charge in [0.05, 0.1) is 0 Å². The largest absolute Gasteiger partial charge is 0.456 e. The van der Waals surface area contributed by atoms with Crippen LogP contribution in [0.2, 0.25) is 0 Å². The minimum Gasteiger partial charge on any atom is -0.456 e. The van der Waals surface area contributed by atoms with E-state index in [1.807, 2.05) is 54.6 Å². The maximum Gasteiger partial charge on any atom is 0.165 e. The summed E-state index contributed by atoms with van der Waals surface area (Å²) in [5.41, 5.74) is 8.84. The molecule has 47 heavy (non-hydrogen) atoms. The van der Waals surface area contributed by atoms with Crippen molar-refractivity contribution in [3.63, 3.8) is 0 Å². The van der Waals surface area contributed by atoms with Gasteiger partial charge >= 0.3 is 0 Å². The Hall–Kier alpha value is -6.39. The Bertz CT molecular complexity index is 2550. The first-order valence-corrected chi connectivity index (χ1v) is 15.7. The van der Waals surface area contributed by atoms with Crippen molar-refractivity contribution in [2.75, 3.05) is 0 Å². The van der Waals surface area contributed by atoms with E-state index in [1.165, 1.54) is 10.9 Å². The number of fused-ring (bicyclic) bond motifs is 4. The number of hydrogen-bond donors (Lipinski definition) is 0. The van der Waals surface area contributed by atoms with Gasteiger partial charge in [0.1, 0.15) is 11.2 Å². The van der Waals surface area contributed by atoms with E-state index in [9.17, 15) is 0 Å². The molecule has 0 aliphatic rings. The number of benzene rings is 7. The summed E-state index contributed by atoms with van der Waals surface area (Å²) >= 11 is 0. The average Bonchev–Trinajstić information content (AvgIpc) is 3.54. The molecular formula is C43H27N3O. The molecule has 0 fully saturated rings. The van der Waals surface area contributed by atoms with E-state index in [1.54, 1.807) is 0 Å². The zero-order valence-electron chi connectivity index (χ0n) is 25.3. The molecule has 0 radical (unpaired) electrons. The minimum absolute atomic E-state index is 0.598. The van der Waals surface area contributed by atoms with Crippen LogP contribution in [0.4, 0.5) is 0 Å². The molecule has 0 amide bonds. The lowest BCUT2D eigenvalue weighted by Gasteiger charge is -2.15. The van der Waals surface area contributed by atoms with Gasteiger partial charge in [0.15, 0.2) is 17.5 Å². The van der Waals surface area contributed by atoms with E-state index < -0.39 is 0 Å². The van der Waals surface area contributed by atoms with Crippen LogP contribution in [0.5, 0.6) is 0 Å². The van der Waals surface area contributed by atoms with Crippen molar-refractivity contribution in [1.29, 1.82) is 0 Å². The second-order valence-corrected chi connectivity index (χ2v) is 11.6. The minimum atomic E-state index is 0.598. The summed E-state index contributed by atoms with van der Waals surface area (Å²) in [7, 11) is 0. The number of nitrogens with zero attached hydrogens (tertiary/aromatic N) is 3. The zero-order chi connectivity index (χ0) is 31.2. The predicted molar refractivity (Wildman–Crippen MR) is 192 cm³/mol. The Morgan fingerprint density at radius 2 is 0.894 bits per heavy atom. The Balaban J connectivity index is 1.34. The molecule has 7 aromatic carbocycles. The van der Waals surface area contributed by atoms with Gasteiger partial charge in [-0.1, -0.05) is 146 Å². The molecular weight excluding hydrogens is 574 g/mol. The van der Waals surface area contributed by atoms with Gasteiger partial charge in [-0.25, -0.2) is 15.0 Å². The molecule has 2 aromatic heterocycles. The molecule has 9 aromatic rings. The molecule has 0 bridgehead atoms. The molecule has 0 saturated heterocycles. The van der Waals surface area contributed by atoms with Crippen molar-refractivity contribution in [2.45, 2.75) is 0 Å². The number of furan rings is 1. The van der Waals surface area contributed by atoms with Crippen LogP contribution in [0.1, 0.15) is 0 Å². The highest BCUT2D eigenvalue weighted by Crippen LogP contribution is 2.44. The SMILES string of the molecule is c1ccc(-c2ccc(-c3nc(-c4ccccc4)nc(-c4c(-c5cccc6ccccc56)ccc5oc6ccccc6c45)n3)cc2)cc1. The van der Waals surface area contributed by atoms with Gasteiger partial charge in [-0.15, -0.1) is 0 Å². The summed E-state index contributed by atoms with van der Waals surface area (Å²) in [6.07, 6.45) is 0. The molecule has 9 rings (SSSR count). The predicted octanol–water partition coefficient (Wildman–Crippen LogP) is 11.3. The molecule has 0 N–H and O–H groups in total. The van der Waals surface area contributed by atoms with Gasteiger partial charge in [0.2, 0.25) is 0 Å². The first kappa shape index (κ1) is 27.0. The van der Waals surface area contributed by atoms with E-state index in [0.717, 1.165) is 60.7 Å². The zero-order valence-corrected chi connectivity index (χ0v) is 25.3. The summed E-state index contributed by atoms with van der Waals surface area (Å²) in [5.74, 6) is 1.83. The van der Waals surface area contributed by atoms with Crippen LogP contribution < -0.4 is 0 Å². The van der Waals surface area contributed by atoms with E-state index in [-0.39, 0.29) is 0 Å². The third-order valence-corrected chi connectivity index (χ3v) is 8.76. The fourth-order valence-corrected chi connectivity index (χ4v) is 6.51. The van der Waals surface area contributed by atoms with Crippen molar-refractivity contribution in [3.05, 3.63) is 164 Å². The van der Waals surface area contributed by atoms with Crippen LogP contribution >= 0.6 is 0 Å². The molecule has 0 atom stereocenters. The summed E-state index contributed by atoms with van der Waals surface area (Å²) in [6.45, 7) is 0. The second-order valence-electron chi connectivity index (χ2n) is 11.6. The molecule has 220 valence electrons. The molecule has 4 nitrogen and oxygen atoms in total. The smallest absolute Gasteiger partial charge is 0.165 e. The van der Waals surface area contributed by atoms with Gasteiger partial charge < -0.3 is 4.42 Å². The number of para-hydroxylation sites is 1. The van der Waals surface area contributed by atoms with Crippen LogP contribution in [0, 0.1) is 0 Å². The lowest BCUT2D eigenvalue weighted by atomic mass is 9.91. The highest BCUT2D eigenvalue weighted by Gasteiger charge is 2.22. The Morgan fingerprint density at radius 1 is 0.340 bits per heavy atom. The Labute approximate surface area is 271 Å². The Kier molecular flexibility index (Phi) is 6.43. The van der Waals surface area contributed by atoms with Crippen molar-refractivity contribution < 1.29 is 4.42 Å². The van der Waals surface area contributed by atoms with Gasteiger partial charge in [-0.05, 0) is 51.2 Å². The van der Waals surface area contributed by atoms with Gasteiger partial charge in [0.25, 0.3) is 0 Å². The fourth-order valence-electron chi connectivity index (χ4n) is 6.51.